The molecule has 19 nitrogen and oxygen atoms in total. The van der Waals surface area contributed by atoms with Crippen molar-refractivity contribution in [3.05, 3.63) is 0 Å². The van der Waals surface area contributed by atoms with Gasteiger partial charge in [0.25, 0.3) is 0 Å². The lowest BCUT2D eigenvalue weighted by atomic mass is 9.94. The molecule has 0 saturated carbocycles. The van der Waals surface area contributed by atoms with Gasteiger partial charge in [-0.05, 0) is 0 Å². The summed E-state index contributed by atoms with van der Waals surface area (Å²) in [4.78, 5) is 35.2. The first-order chi connectivity index (χ1) is 20.2. The summed E-state index contributed by atoms with van der Waals surface area (Å²) in [5, 5.41) is 98.8. The molecule has 0 aliphatic carbocycles. The Morgan fingerprint density at radius 2 is 1.28 bits per heavy atom. The zero-order chi connectivity index (χ0) is 32.6. The molecule has 2 aliphatic heterocycles. The first-order valence-electron chi connectivity index (χ1n) is 13.5. The Morgan fingerprint density at radius 1 is 0.744 bits per heavy atom. The second-order valence-electron chi connectivity index (χ2n) is 10.3. The third-order valence-corrected chi connectivity index (χ3v) is 6.94. The fourth-order valence-electron chi connectivity index (χ4n) is 4.76. The molecule has 0 aromatic rings. The molecular weight excluding hydrogens is 586 g/mol. The fourth-order valence-corrected chi connectivity index (χ4v) is 4.76. The molecule has 19 heteroatoms. The van der Waals surface area contributed by atoms with Gasteiger partial charge in [0.05, 0.1) is 32.5 Å². The highest BCUT2D eigenvalue weighted by Gasteiger charge is 2.52. The lowest BCUT2D eigenvalue weighted by molar-refractivity contribution is -0.330. The van der Waals surface area contributed by atoms with Crippen molar-refractivity contribution < 1.29 is 79.3 Å². The molecule has 0 bridgehead atoms. The van der Waals surface area contributed by atoms with Gasteiger partial charge < -0.3 is 80.9 Å². The molecule has 43 heavy (non-hydrogen) atoms. The molecule has 0 spiro atoms. The van der Waals surface area contributed by atoms with E-state index in [1.807, 2.05) is 0 Å². The molecule has 6 unspecified atom stereocenters. The summed E-state index contributed by atoms with van der Waals surface area (Å²) in [6.07, 6.45) is -18.4. The largest absolute Gasteiger partial charge is 0.394 e. The predicted molar refractivity (Wildman–Crippen MR) is 138 cm³/mol. The Labute approximate surface area is 246 Å². The lowest BCUT2D eigenvalue weighted by Crippen LogP contribution is -2.69. The molecule has 2 heterocycles. The fraction of sp³-hybridized carbons (Fsp3) is 0.875. The molecule has 250 valence electrons. The summed E-state index contributed by atoms with van der Waals surface area (Å²) in [6, 6.07) is -4.21. The van der Waals surface area contributed by atoms with Gasteiger partial charge in [0.2, 0.25) is 17.7 Å². The van der Waals surface area contributed by atoms with Gasteiger partial charge in [0.1, 0.15) is 67.0 Å². The van der Waals surface area contributed by atoms with E-state index in [0.29, 0.717) is 0 Å². The highest BCUT2D eigenvalue weighted by Crippen LogP contribution is 2.30. The van der Waals surface area contributed by atoms with Crippen molar-refractivity contribution in [3.63, 3.8) is 0 Å². The number of amides is 3. The summed E-state index contributed by atoms with van der Waals surface area (Å²) in [5.41, 5.74) is 0. The Morgan fingerprint density at radius 3 is 1.79 bits per heavy atom. The average molecular weight is 630 g/mol. The van der Waals surface area contributed by atoms with E-state index in [1.165, 1.54) is 0 Å². The van der Waals surface area contributed by atoms with Crippen LogP contribution in [-0.4, -0.2) is 176 Å². The zero-order valence-electron chi connectivity index (χ0n) is 23.8. The molecule has 3 amide bonds. The van der Waals surface area contributed by atoms with Gasteiger partial charge in [-0.25, -0.2) is 0 Å². The van der Waals surface area contributed by atoms with Gasteiger partial charge in [0, 0.05) is 20.8 Å². The van der Waals surface area contributed by atoms with Crippen molar-refractivity contribution >= 4 is 17.7 Å². The summed E-state index contributed by atoms with van der Waals surface area (Å²) in [7, 11) is 0. The number of hydrogen-bond donors (Lipinski definition) is 12. The second kappa shape index (κ2) is 16.8. The summed E-state index contributed by atoms with van der Waals surface area (Å²) in [5.74, 6) is -1.97. The van der Waals surface area contributed by atoms with Gasteiger partial charge in [-0.1, -0.05) is 0 Å². The number of rotatable bonds is 14. The van der Waals surface area contributed by atoms with Crippen LogP contribution in [0.3, 0.4) is 0 Å². The summed E-state index contributed by atoms with van der Waals surface area (Å²) >= 11 is 0. The summed E-state index contributed by atoms with van der Waals surface area (Å²) < 4.78 is 22.5. The maximum absolute atomic E-state index is 12.1. The molecule has 0 aromatic carbocycles. The maximum Gasteiger partial charge on any atom is 0.217 e. The van der Waals surface area contributed by atoms with E-state index < -0.39 is 130 Å². The monoisotopic (exact) mass is 629 g/mol. The van der Waals surface area contributed by atoms with E-state index in [1.54, 1.807) is 0 Å². The summed E-state index contributed by atoms with van der Waals surface area (Å²) in [6.45, 7) is 0.174. The van der Waals surface area contributed by atoms with Gasteiger partial charge in [-0.2, -0.15) is 0 Å². The van der Waals surface area contributed by atoms with Crippen LogP contribution in [0.1, 0.15) is 20.8 Å². The molecule has 2 rings (SSSR count). The van der Waals surface area contributed by atoms with Crippen molar-refractivity contribution in [1.29, 1.82) is 0 Å². The maximum atomic E-state index is 12.1. The van der Waals surface area contributed by atoms with E-state index in [-0.39, 0.29) is 0 Å². The molecule has 0 aromatic heterocycles. The first kappa shape index (κ1) is 37.1. The quantitative estimate of drug-likeness (QED) is 0.0849. The van der Waals surface area contributed by atoms with Crippen molar-refractivity contribution in [1.82, 2.24) is 16.0 Å². The van der Waals surface area contributed by atoms with Crippen LogP contribution in [-0.2, 0) is 33.3 Å². The van der Waals surface area contributed by atoms with E-state index in [4.69, 9.17) is 18.9 Å². The van der Waals surface area contributed by atoms with Crippen LogP contribution in [0.2, 0.25) is 0 Å². The first-order valence-corrected chi connectivity index (χ1v) is 13.5. The Kier molecular flexibility index (Phi) is 14.5. The average Bonchev–Trinajstić information content (AvgIpc) is 2.95. The number of ether oxygens (including phenoxy) is 4. The molecule has 2 saturated heterocycles. The number of carbonyl (C=O) groups excluding carboxylic acids is 3. The van der Waals surface area contributed by atoms with Crippen molar-refractivity contribution in [2.45, 2.75) is 106 Å². The van der Waals surface area contributed by atoms with Crippen LogP contribution >= 0.6 is 0 Å². The number of hydrogen-bond acceptors (Lipinski definition) is 16. The van der Waals surface area contributed by atoms with Gasteiger partial charge in [-0.15, -0.1) is 0 Å². The van der Waals surface area contributed by atoms with Crippen LogP contribution in [0, 0.1) is 0 Å². The minimum Gasteiger partial charge on any atom is -0.394 e. The van der Waals surface area contributed by atoms with Gasteiger partial charge in [0.15, 0.2) is 12.6 Å². The van der Waals surface area contributed by atoms with Crippen molar-refractivity contribution in [2.75, 3.05) is 26.4 Å². The van der Waals surface area contributed by atoms with E-state index in [0.717, 1.165) is 20.8 Å². The molecule has 2 fully saturated rings. The van der Waals surface area contributed by atoms with E-state index in [9.17, 15) is 60.3 Å². The predicted octanol–water partition coefficient (Wildman–Crippen LogP) is -7.51. The van der Waals surface area contributed by atoms with Crippen LogP contribution < -0.4 is 16.0 Å². The number of carbonyl (C=O) groups is 3. The highest BCUT2D eigenvalue weighted by molar-refractivity contribution is 5.74. The van der Waals surface area contributed by atoms with Crippen molar-refractivity contribution in [3.8, 4) is 0 Å². The van der Waals surface area contributed by atoms with Gasteiger partial charge >= 0.3 is 0 Å². The zero-order valence-corrected chi connectivity index (χ0v) is 23.8. The number of aliphatic hydroxyl groups is 9. The van der Waals surface area contributed by atoms with E-state index >= 15 is 0 Å². The highest BCUT2D eigenvalue weighted by atomic mass is 16.7. The molecule has 14 atom stereocenters. The van der Waals surface area contributed by atoms with Crippen molar-refractivity contribution in [2.24, 2.45) is 0 Å². The SMILES string of the molecule is CC(=O)NC(CO)C(O)C(O)C(O)CO[C@H]1O[C@H](CO)[C@H](O)C(O[C@@H]2O[C@H](CO)[C@@H](O)C(O)[C@H]2NC(C)=O)[C@H]1NC(C)=O. The third kappa shape index (κ3) is 9.69. The molecule has 2 aliphatic rings. The van der Waals surface area contributed by atoms with E-state index in [2.05, 4.69) is 16.0 Å². The lowest BCUT2D eigenvalue weighted by Gasteiger charge is -2.48. The van der Waals surface area contributed by atoms with Crippen LogP contribution in [0.5, 0.6) is 0 Å². The topological polar surface area (TPSA) is 306 Å². The normalized spacial score (nSPS) is 35.7. The van der Waals surface area contributed by atoms with Crippen LogP contribution in [0.25, 0.3) is 0 Å². The second-order valence-corrected chi connectivity index (χ2v) is 10.3. The van der Waals surface area contributed by atoms with Crippen LogP contribution in [0.15, 0.2) is 0 Å². The van der Waals surface area contributed by atoms with Gasteiger partial charge in [-0.3, -0.25) is 14.4 Å². The third-order valence-electron chi connectivity index (χ3n) is 6.94. The molecule has 12 N–H and O–H groups in total. The minimum absolute atomic E-state index is 0.625. The molecular formula is C24H43N3O16. The standard InChI is InChI=1S/C24H43N3O16/c1-8(31)25-11(4-28)17(35)18(36)12(34)7-40-23-16(27-10(3)33)22(20(38)14(6-30)41-23)43-24-15(26-9(2)32)21(39)19(37)13(5-29)42-24/h11-24,28-30,34-39H,4-7H2,1-3H3,(H,25,31)(H,26,32)(H,27,33)/t11?,12?,13-,14-,15-,16-,17?,18?,19-,20+,21?,22?,23+,24+/m1/s1. The van der Waals surface area contributed by atoms with Crippen LogP contribution in [0.4, 0.5) is 0 Å². The molecule has 0 radical (unpaired) electrons. The minimum atomic E-state index is -1.96. The Balaban J connectivity index is 2.31. The Hall–Kier alpha value is -2.11. The number of nitrogens with one attached hydrogen (secondary N) is 3. The number of aliphatic hydroxyl groups excluding tert-OH is 9. The Bertz CT molecular complexity index is 916. The smallest absolute Gasteiger partial charge is 0.217 e.